The summed E-state index contributed by atoms with van der Waals surface area (Å²) in [4.78, 5) is 27.7. The number of benzene rings is 1. The van der Waals surface area contributed by atoms with Crippen LogP contribution < -0.4 is 10.2 Å². The molecule has 0 aromatic heterocycles. The van der Waals surface area contributed by atoms with Crippen molar-refractivity contribution in [1.82, 2.24) is 10.2 Å². The molecule has 7 heteroatoms. The van der Waals surface area contributed by atoms with E-state index in [2.05, 4.69) is 5.32 Å². The molecule has 0 saturated carbocycles. The third-order valence-corrected chi connectivity index (χ3v) is 4.14. The Morgan fingerprint density at radius 2 is 1.91 bits per heavy atom. The van der Waals surface area contributed by atoms with Crippen molar-refractivity contribution >= 4 is 29.2 Å². The van der Waals surface area contributed by atoms with Gasteiger partial charge < -0.3 is 19.9 Å². The quantitative estimate of drug-likeness (QED) is 0.897. The lowest BCUT2D eigenvalue weighted by atomic mass is 10.2. The minimum absolute atomic E-state index is 0.00889. The van der Waals surface area contributed by atoms with Crippen molar-refractivity contribution in [3.8, 4) is 0 Å². The largest absolute Gasteiger partial charge is 0.378 e. The van der Waals surface area contributed by atoms with Gasteiger partial charge in [0.1, 0.15) is 0 Å². The Labute approximate surface area is 134 Å². The van der Waals surface area contributed by atoms with Gasteiger partial charge >= 0.3 is 6.03 Å². The molecule has 1 N–H and O–H groups in total. The van der Waals surface area contributed by atoms with Gasteiger partial charge in [0.25, 0.3) is 0 Å². The predicted molar refractivity (Wildman–Crippen MR) is 83.1 cm³/mol. The van der Waals surface area contributed by atoms with Crippen molar-refractivity contribution in [3.63, 3.8) is 0 Å². The number of urea groups is 1. The van der Waals surface area contributed by atoms with Crippen LogP contribution in [0, 0.1) is 0 Å². The van der Waals surface area contributed by atoms with Gasteiger partial charge in [-0.1, -0.05) is 11.6 Å². The van der Waals surface area contributed by atoms with Gasteiger partial charge in [-0.25, -0.2) is 4.79 Å². The van der Waals surface area contributed by atoms with Crippen LogP contribution in [-0.2, 0) is 9.53 Å². The zero-order chi connectivity index (χ0) is 15.5. The maximum atomic E-state index is 12.2. The van der Waals surface area contributed by atoms with Crippen molar-refractivity contribution in [3.05, 3.63) is 29.3 Å². The molecule has 2 heterocycles. The normalized spacial score (nSPS) is 22.0. The monoisotopic (exact) mass is 323 g/mol. The molecular formula is C15H18ClN3O3. The predicted octanol–water partition coefficient (Wildman–Crippen LogP) is 1.49. The Balaban J connectivity index is 1.59. The van der Waals surface area contributed by atoms with E-state index in [4.69, 9.17) is 16.3 Å². The average Bonchev–Trinajstić information content (AvgIpc) is 2.89. The first kappa shape index (κ1) is 15.1. The van der Waals surface area contributed by atoms with Crippen molar-refractivity contribution in [2.24, 2.45) is 0 Å². The number of nitrogens with zero attached hydrogens (tertiary/aromatic N) is 2. The standard InChI is InChI=1S/C15H18ClN3O3/c16-11-1-3-13(4-2-11)19-10-12(9-14(19)20)17-15(21)18-5-7-22-8-6-18/h1-4,12H,5-10H2,(H,17,21)/t12-/m1/s1. The number of halogens is 1. The average molecular weight is 324 g/mol. The summed E-state index contributed by atoms with van der Waals surface area (Å²) in [6.45, 7) is 2.79. The maximum absolute atomic E-state index is 12.2. The number of anilines is 1. The first-order chi connectivity index (χ1) is 10.6. The SMILES string of the molecule is O=C(N[C@@H]1CC(=O)N(c2ccc(Cl)cc2)C1)N1CCOCC1. The van der Waals surface area contributed by atoms with E-state index in [0.717, 1.165) is 5.69 Å². The van der Waals surface area contributed by atoms with Crippen LogP contribution in [0.25, 0.3) is 0 Å². The van der Waals surface area contributed by atoms with Gasteiger partial charge in [-0.2, -0.15) is 0 Å². The van der Waals surface area contributed by atoms with Crippen molar-refractivity contribution in [1.29, 1.82) is 0 Å². The first-order valence-electron chi connectivity index (χ1n) is 7.32. The zero-order valence-corrected chi connectivity index (χ0v) is 12.9. The summed E-state index contributed by atoms with van der Waals surface area (Å²) >= 11 is 5.86. The number of carbonyl (C=O) groups excluding carboxylic acids is 2. The number of morpholine rings is 1. The number of nitrogens with one attached hydrogen (secondary N) is 1. The number of amides is 3. The summed E-state index contributed by atoms with van der Waals surface area (Å²) in [7, 11) is 0. The van der Waals surface area contributed by atoms with Gasteiger partial charge in [0.05, 0.1) is 19.3 Å². The van der Waals surface area contributed by atoms with E-state index < -0.39 is 0 Å². The number of ether oxygens (including phenoxy) is 1. The molecule has 0 spiro atoms. The zero-order valence-electron chi connectivity index (χ0n) is 12.1. The Kier molecular flexibility index (Phi) is 4.49. The molecule has 0 bridgehead atoms. The van der Waals surface area contributed by atoms with Crippen LogP contribution in [0.5, 0.6) is 0 Å². The van der Waals surface area contributed by atoms with Crippen LogP contribution >= 0.6 is 11.6 Å². The molecule has 3 amide bonds. The van der Waals surface area contributed by atoms with E-state index in [9.17, 15) is 9.59 Å². The minimum Gasteiger partial charge on any atom is -0.378 e. The van der Waals surface area contributed by atoms with Gasteiger partial charge in [0.15, 0.2) is 0 Å². The summed E-state index contributed by atoms with van der Waals surface area (Å²) in [5.74, 6) is 0.00889. The lowest BCUT2D eigenvalue weighted by Crippen LogP contribution is -2.49. The summed E-state index contributed by atoms with van der Waals surface area (Å²) < 4.78 is 5.23. The molecule has 6 nitrogen and oxygen atoms in total. The van der Waals surface area contributed by atoms with Crippen molar-refractivity contribution in [2.45, 2.75) is 12.5 Å². The highest BCUT2D eigenvalue weighted by Crippen LogP contribution is 2.23. The van der Waals surface area contributed by atoms with E-state index in [-0.39, 0.29) is 18.0 Å². The number of carbonyl (C=O) groups is 2. The highest BCUT2D eigenvalue weighted by atomic mass is 35.5. The second kappa shape index (κ2) is 6.54. The number of rotatable bonds is 2. The van der Waals surface area contributed by atoms with E-state index in [1.165, 1.54) is 0 Å². The van der Waals surface area contributed by atoms with Crippen LogP contribution in [0.2, 0.25) is 5.02 Å². The van der Waals surface area contributed by atoms with Gasteiger partial charge in [-0.3, -0.25) is 4.79 Å². The van der Waals surface area contributed by atoms with Crippen LogP contribution in [0.4, 0.5) is 10.5 Å². The molecule has 0 aliphatic carbocycles. The molecule has 2 aliphatic heterocycles. The molecule has 0 unspecified atom stereocenters. The fraction of sp³-hybridized carbons (Fsp3) is 0.467. The topological polar surface area (TPSA) is 61.9 Å². The molecule has 2 fully saturated rings. The highest BCUT2D eigenvalue weighted by Gasteiger charge is 2.32. The lowest BCUT2D eigenvalue weighted by molar-refractivity contribution is -0.117. The van der Waals surface area contributed by atoms with E-state index in [1.807, 2.05) is 12.1 Å². The summed E-state index contributed by atoms with van der Waals surface area (Å²) in [5, 5.41) is 3.56. The summed E-state index contributed by atoms with van der Waals surface area (Å²) in [5.41, 5.74) is 0.803. The molecule has 2 saturated heterocycles. The third-order valence-electron chi connectivity index (χ3n) is 3.89. The van der Waals surface area contributed by atoms with Gasteiger partial charge in [-0.15, -0.1) is 0 Å². The molecular weight excluding hydrogens is 306 g/mol. The second-order valence-electron chi connectivity index (χ2n) is 5.43. The molecule has 118 valence electrons. The van der Waals surface area contributed by atoms with Gasteiger partial charge in [-0.05, 0) is 24.3 Å². The van der Waals surface area contributed by atoms with E-state index in [0.29, 0.717) is 44.3 Å². The van der Waals surface area contributed by atoms with E-state index >= 15 is 0 Å². The summed E-state index contributed by atoms with van der Waals surface area (Å²) in [6.07, 6.45) is 0.318. The van der Waals surface area contributed by atoms with Crippen LogP contribution in [-0.4, -0.2) is 55.7 Å². The molecule has 0 radical (unpaired) electrons. The van der Waals surface area contributed by atoms with Gasteiger partial charge in [0, 0.05) is 36.8 Å². The molecule has 2 aliphatic rings. The Morgan fingerprint density at radius 1 is 1.23 bits per heavy atom. The molecule has 1 atom stereocenters. The molecule has 3 rings (SSSR count). The Hall–Kier alpha value is -1.79. The van der Waals surface area contributed by atoms with E-state index in [1.54, 1.807) is 21.9 Å². The highest BCUT2D eigenvalue weighted by molar-refractivity contribution is 6.30. The molecule has 22 heavy (non-hydrogen) atoms. The lowest BCUT2D eigenvalue weighted by Gasteiger charge is -2.28. The minimum atomic E-state index is -0.168. The maximum Gasteiger partial charge on any atom is 0.317 e. The van der Waals surface area contributed by atoms with Crippen LogP contribution in [0.15, 0.2) is 24.3 Å². The Morgan fingerprint density at radius 3 is 2.59 bits per heavy atom. The van der Waals surface area contributed by atoms with Crippen molar-refractivity contribution in [2.75, 3.05) is 37.7 Å². The molecule has 1 aromatic carbocycles. The first-order valence-corrected chi connectivity index (χ1v) is 7.70. The fourth-order valence-corrected chi connectivity index (χ4v) is 2.83. The molecule has 1 aromatic rings. The van der Waals surface area contributed by atoms with Crippen LogP contribution in [0.1, 0.15) is 6.42 Å². The number of hydrogen-bond donors (Lipinski definition) is 1. The smallest absolute Gasteiger partial charge is 0.317 e. The Bertz CT molecular complexity index is 558. The van der Waals surface area contributed by atoms with Gasteiger partial charge in [0.2, 0.25) is 5.91 Å². The van der Waals surface area contributed by atoms with Crippen molar-refractivity contribution < 1.29 is 14.3 Å². The second-order valence-corrected chi connectivity index (χ2v) is 5.87. The summed E-state index contributed by atoms with van der Waals surface area (Å²) in [6, 6.07) is 6.84. The fourth-order valence-electron chi connectivity index (χ4n) is 2.71. The van der Waals surface area contributed by atoms with Crippen LogP contribution in [0.3, 0.4) is 0 Å². The third kappa shape index (κ3) is 3.34. The number of hydrogen-bond acceptors (Lipinski definition) is 3.